The summed E-state index contributed by atoms with van der Waals surface area (Å²) >= 11 is 0.365. The average Bonchev–Trinajstić information content (AvgIpc) is 2.57. The Bertz CT molecular complexity index is 790. The van der Waals surface area contributed by atoms with E-state index >= 15 is 0 Å². The molecule has 1 atom stereocenters. The van der Waals surface area contributed by atoms with Crippen LogP contribution in [0.1, 0.15) is 49.5 Å². The molecule has 0 aliphatic carbocycles. The van der Waals surface area contributed by atoms with Crippen LogP contribution >= 0.6 is 11.8 Å². The Balaban J connectivity index is 3.01. The number of carbonyl (C=O) groups is 4. The van der Waals surface area contributed by atoms with Gasteiger partial charge in [0.2, 0.25) is 0 Å². The molecule has 1 unspecified atom stereocenters. The Kier molecular flexibility index (Phi) is 8.68. The fraction of sp³-hybridized carbons (Fsp3) is 0.444. The molecular formula is C18H19F3O7S. The van der Waals surface area contributed by atoms with Crippen molar-refractivity contribution in [1.29, 1.82) is 0 Å². The van der Waals surface area contributed by atoms with Crippen molar-refractivity contribution in [2.45, 2.75) is 51.1 Å². The minimum atomic E-state index is -4.74. The summed E-state index contributed by atoms with van der Waals surface area (Å²) in [6, 6.07) is 1.98. The zero-order chi connectivity index (χ0) is 22.4. The normalized spacial score (nSPS) is 12.4. The second kappa shape index (κ2) is 10.3. The van der Waals surface area contributed by atoms with E-state index in [9.17, 15) is 32.3 Å². The maximum atomic E-state index is 13.0. The summed E-state index contributed by atoms with van der Waals surface area (Å²) in [5.74, 6) is -3.37. The van der Waals surface area contributed by atoms with Crippen molar-refractivity contribution in [3.05, 3.63) is 29.3 Å². The Labute approximate surface area is 168 Å². The third-order valence-electron chi connectivity index (χ3n) is 3.38. The summed E-state index contributed by atoms with van der Waals surface area (Å²) in [5.41, 5.74) is -1.53. The second-order valence-electron chi connectivity index (χ2n) is 6.13. The fourth-order valence-corrected chi connectivity index (χ4v) is 2.66. The molecule has 1 N–H and O–H groups in total. The third kappa shape index (κ3) is 8.14. The van der Waals surface area contributed by atoms with Gasteiger partial charge in [-0.25, -0.2) is 9.59 Å². The molecule has 0 amide bonds. The number of hydrogen-bond donors (Lipinski definition) is 1. The van der Waals surface area contributed by atoms with Crippen molar-refractivity contribution < 1.29 is 46.9 Å². The van der Waals surface area contributed by atoms with Gasteiger partial charge >= 0.3 is 23.4 Å². The largest absolute Gasteiger partial charge is 0.481 e. The number of hydrogen-bond acceptors (Lipinski definition) is 7. The number of aliphatic carboxylic acids is 1. The van der Waals surface area contributed by atoms with Gasteiger partial charge in [0.05, 0.1) is 23.3 Å². The number of Topliss-reactive ketones (excluding diaryl/α,β-unsaturated/α-hetero) is 1. The highest BCUT2D eigenvalue weighted by Crippen LogP contribution is 2.34. The number of carbonyl (C=O) groups excluding carboxylic acids is 3. The molecule has 1 aromatic carbocycles. The van der Waals surface area contributed by atoms with Crippen LogP contribution in [-0.2, 0) is 20.5 Å². The first-order valence-corrected chi connectivity index (χ1v) is 9.24. The summed E-state index contributed by atoms with van der Waals surface area (Å²) in [6.07, 6.45) is -6.03. The van der Waals surface area contributed by atoms with Crippen LogP contribution in [0.2, 0.25) is 0 Å². The molecule has 0 fully saturated rings. The highest BCUT2D eigenvalue weighted by atomic mass is 32.2. The summed E-state index contributed by atoms with van der Waals surface area (Å²) in [4.78, 5) is 46.4. The fourth-order valence-electron chi connectivity index (χ4n) is 1.99. The number of carboxylic acids is 1. The number of ketones is 1. The highest BCUT2D eigenvalue weighted by Gasteiger charge is 2.33. The van der Waals surface area contributed by atoms with Crippen molar-refractivity contribution in [2.24, 2.45) is 0 Å². The molecule has 0 spiro atoms. The van der Waals surface area contributed by atoms with Gasteiger partial charge in [0.15, 0.2) is 0 Å². The van der Waals surface area contributed by atoms with Crippen LogP contribution in [0.3, 0.4) is 0 Å². The molecule has 1 aromatic rings. The summed E-state index contributed by atoms with van der Waals surface area (Å²) in [5, 5.41) is 6.46. The quantitative estimate of drug-likeness (QED) is 0.601. The second-order valence-corrected chi connectivity index (χ2v) is 7.41. The first-order chi connectivity index (χ1) is 13.3. The summed E-state index contributed by atoms with van der Waals surface area (Å²) in [7, 11) is 0. The Morgan fingerprint density at radius 3 is 2.24 bits per heavy atom. The van der Waals surface area contributed by atoms with Gasteiger partial charge < -0.3 is 14.6 Å². The van der Waals surface area contributed by atoms with E-state index in [-0.39, 0.29) is 12.0 Å². The van der Waals surface area contributed by atoms with E-state index in [1.54, 1.807) is 0 Å². The van der Waals surface area contributed by atoms with E-state index in [4.69, 9.17) is 14.6 Å². The Morgan fingerprint density at radius 1 is 1.10 bits per heavy atom. The van der Waals surface area contributed by atoms with Crippen molar-refractivity contribution >= 4 is 34.8 Å². The number of rotatable bonds is 8. The zero-order valence-corrected chi connectivity index (χ0v) is 16.6. The van der Waals surface area contributed by atoms with Gasteiger partial charge in [-0.15, -0.1) is 0 Å². The molecule has 0 saturated heterocycles. The van der Waals surface area contributed by atoms with E-state index in [2.05, 4.69) is 0 Å². The predicted molar refractivity (Wildman–Crippen MR) is 96.9 cm³/mol. The van der Waals surface area contributed by atoms with Crippen molar-refractivity contribution in [3.63, 3.8) is 0 Å². The van der Waals surface area contributed by atoms with Crippen LogP contribution in [-0.4, -0.2) is 39.5 Å². The number of thioether (sulfide) groups is 1. The van der Waals surface area contributed by atoms with E-state index in [1.807, 2.05) is 0 Å². The molecular weight excluding hydrogens is 417 g/mol. The lowest BCUT2D eigenvalue weighted by Gasteiger charge is -2.15. The Hall–Kier alpha value is -2.56. The maximum Gasteiger partial charge on any atom is 0.416 e. The van der Waals surface area contributed by atoms with E-state index in [0.29, 0.717) is 23.9 Å². The number of esters is 1. The lowest BCUT2D eigenvalue weighted by molar-refractivity contribution is -0.138. The highest BCUT2D eigenvalue weighted by molar-refractivity contribution is 8.14. The van der Waals surface area contributed by atoms with Gasteiger partial charge in [-0.3, -0.25) is 9.59 Å². The topological polar surface area (TPSA) is 107 Å². The van der Waals surface area contributed by atoms with Crippen molar-refractivity contribution in [1.82, 2.24) is 0 Å². The van der Waals surface area contributed by atoms with Gasteiger partial charge in [0.25, 0.3) is 0 Å². The SMILES string of the molecule is CC(C)OC(=O)c1ccc(C(F)(F)F)cc1OC(=O)SC(C)C(=O)CCC(=O)O. The monoisotopic (exact) mass is 436 g/mol. The van der Waals surface area contributed by atoms with Gasteiger partial charge in [0.1, 0.15) is 17.1 Å². The van der Waals surface area contributed by atoms with Gasteiger partial charge in [-0.2, -0.15) is 13.2 Å². The Morgan fingerprint density at radius 2 is 1.72 bits per heavy atom. The van der Waals surface area contributed by atoms with Gasteiger partial charge in [0, 0.05) is 6.42 Å². The van der Waals surface area contributed by atoms with Crippen LogP contribution in [0, 0.1) is 0 Å². The first kappa shape index (κ1) is 24.5. The summed E-state index contributed by atoms with van der Waals surface area (Å²) in [6.45, 7) is 4.40. The smallest absolute Gasteiger partial charge is 0.416 e. The first-order valence-electron chi connectivity index (χ1n) is 8.36. The number of ether oxygens (including phenoxy) is 2. The molecule has 0 aromatic heterocycles. The van der Waals surface area contributed by atoms with Crippen molar-refractivity contribution in [2.75, 3.05) is 0 Å². The molecule has 0 bridgehead atoms. The predicted octanol–water partition coefficient (Wildman–Crippen LogP) is 4.33. The van der Waals surface area contributed by atoms with Gasteiger partial charge in [-0.1, -0.05) is 0 Å². The van der Waals surface area contributed by atoms with Crippen molar-refractivity contribution in [3.8, 4) is 5.75 Å². The number of benzene rings is 1. The van der Waals surface area contributed by atoms with Crippen LogP contribution in [0.4, 0.5) is 18.0 Å². The molecule has 7 nitrogen and oxygen atoms in total. The molecule has 0 aliphatic rings. The zero-order valence-electron chi connectivity index (χ0n) is 15.7. The lowest BCUT2D eigenvalue weighted by atomic mass is 10.1. The van der Waals surface area contributed by atoms with Gasteiger partial charge in [-0.05, 0) is 50.7 Å². The van der Waals surface area contributed by atoms with Crippen LogP contribution in [0.15, 0.2) is 18.2 Å². The number of alkyl halides is 3. The number of carboxylic acid groups (broad SMARTS) is 1. The average molecular weight is 436 g/mol. The molecule has 0 aliphatic heterocycles. The molecule has 29 heavy (non-hydrogen) atoms. The molecule has 11 heteroatoms. The molecule has 160 valence electrons. The molecule has 0 radical (unpaired) electrons. The third-order valence-corrected chi connectivity index (χ3v) is 4.27. The maximum absolute atomic E-state index is 13.0. The van der Waals surface area contributed by atoms with E-state index in [1.165, 1.54) is 20.8 Å². The minimum absolute atomic E-state index is 0.313. The number of halogens is 3. The van der Waals surface area contributed by atoms with E-state index in [0.717, 1.165) is 6.07 Å². The van der Waals surface area contributed by atoms with Crippen LogP contribution in [0.25, 0.3) is 0 Å². The minimum Gasteiger partial charge on any atom is -0.481 e. The van der Waals surface area contributed by atoms with Crippen LogP contribution < -0.4 is 4.74 Å². The van der Waals surface area contributed by atoms with Crippen LogP contribution in [0.5, 0.6) is 5.75 Å². The molecule has 0 saturated carbocycles. The van der Waals surface area contributed by atoms with E-state index < -0.39 is 58.3 Å². The molecule has 0 heterocycles. The lowest BCUT2D eigenvalue weighted by Crippen LogP contribution is -2.19. The summed E-state index contributed by atoms with van der Waals surface area (Å²) < 4.78 is 48.7. The molecule has 1 rings (SSSR count). The standard InChI is InChI=1S/C18H19F3O7S/c1-9(2)27-16(25)12-5-4-11(18(19,20)21)8-14(12)28-17(26)29-10(3)13(22)6-7-15(23)24/h4-5,8-10H,6-7H2,1-3H3,(H,23,24).